The van der Waals surface area contributed by atoms with Gasteiger partial charge in [0.25, 0.3) is 0 Å². The van der Waals surface area contributed by atoms with Gasteiger partial charge in [-0.2, -0.15) is 39.5 Å². The van der Waals surface area contributed by atoms with E-state index in [0.29, 0.717) is 0 Å². The summed E-state index contributed by atoms with van der Waals surface area (Å²) in [4.78, 5) is -1.83. The van der Waals surface area contributed by atoms with Crippen LogP contribution in [0, 0.1) is 0 Å². The van der Waals surface area contributed by atoms with Crippen molar-refractivity contribution in [2.75, 3.05) is 5.73 Å². The molecule has 0 saturated heterocycles. The van der Waals surface area contributed by atoms with E-state index >= 15 is 0 Å². The summed E-state index contributed by atoms with van der Waals surface area (Å²) in [5, 5.41) is -8.55. The standard InChI is InChI=1S/C10H4Cl2F9NO2S/c11-4-1-3(2-5(12)6(4)22)25(23,24)10(20,21)8(15,16)7(13,14)9(17,18)19/h1-2H,22H2. The third-order valence-corrected chi connectivity index (χ3v) is 5.23. The van der Waals surface area contributed by atoms with E-state index in [1.54, 1.807) is 0 Å². The fourth-order valence-electron chi connectivity index (χ4n) is 1.39. The Bertz CT molecular complexity index is 769. The third-order valence-electron chi connectivity index (χ3n) is 2.82. The van der Waals surface area contributed by atoms with Crippen molar-refractivity contribution in [3.05, 3.63) is 22.2 Å². The average Bonchev–Trinajstić information content (AvgIpc) is 2.42. The zero-order valence-corrected chi connectivity index (χ0v) is 13.4. The molecule has 0 aromatic heterocycles. The summed E-state index contributed by atoms with van der Waals surface area (Å²) in [7, 11) is -6.79. The molecule has 0 aliphatic carbocycles. The van der Waals surface area contributed by atoms with Crippen LogP contribution in [-0.4, -0.2) is 31.7 Å². The van der Waals surface area contributed by atoms with Gasteiger partial charge in [0.05, 0.1) is 20.6 Å². The number of nitrogens with two attached hydrogens (primary N) is 1. The molecule has 0 fully saturated rings. The van der Waals surface area contributed by atoms with E-state index < -0.39 is 53.7 Å². The third kappa shape index (κ3) is 3.10. The number of alkyl halides is 9. The molecule has 0 atom stereocenters. The van der Waals surface area contributed by atoms with E-state index in [-0.39, 0.29) is 12.1 Å². The van der Waals surface area contributed by atoms with Crippen LogP contribution in [0.25, 0.3) is 0 Å². The molecule has 2 N–H and O–H groups in total. The van der Waals surface area contributed by atoms with Gasteiger partial charge in [0.1, 0.15) is 0 Å². The number of benzene rings is 1. The average molecular weight is 444 g/mol. The first-order valence-corrected chi connectivity index (χ1v) is 7.75. The Kier molecular flexibility index (Phi) is 5.25. The molecule has 3 nitrogen and oxygen atoms in total. The van der Waals surface area contributed by atoms with Crippen molar-refractivity contribution in [3.63, 3.8) is 0 Å². The number of sulfone groups is 1. The van der Waals surface area contributed by atoms with Gasteiger partial charge in [-0.3, -0.25) is 0 Å². The van der Waals surface area contributed by atoms with E-state index in [9.17, 15) is 47.9 Å². The molecule has 15 heteroatoms. The number of nitrogen functional groups attached to an aromatic ring is 1. The van der Waals surface area contributed by atoms with Crippen molar-refractivity contribution < 1.29 is 47.9 Å². The van der Waals surface area contributed by atoms with E-state index in [0.717, 1.165) is 0 Å². The summed E-state index contributed by atoms with van der Waals surface area (Å²) in [6.07, 6.45) is -7.16. The molecule has 0 bridgehead atoms. The predicted octanol–water partition coefficient (Wildman–Crippen LogP) is 4.78. The molecule has 0 unspecified atom stereocenters. The molecule has 0 aliphatic rings. The van der Waals surface area contributed by atoms with Crippen molar-refractivity contribution in [2.24, 2.45) is 0 Å². The van der Waals surface area contributed by atoms with Gasteiger partial charge in [-0.05, 0) is 12.1 Å². The monoisotopic (exact) mass is 443 g/mol. The molecule has 0 amide bonds. The van der Waals surface area contributed by atoms with Gasteiger partial charge in [-0.25, -0.2) is 8.42 Å². The highest BCUT2D eigenvalue weighted by atomic mass is 35.5. The maximum Gasteiger partial charge on any atom is 0.460 e. The second-order valence-electron chi connectivity index (χ2n) is 4.47. The van der Waals surface area contributed by atoms with Crippen molar-refractivity contribution >= 4 is 38.7 Å². The zero-order valence-electron chi connectivity index (χ0n) is 11.1. The number of anilines is 1. The summed E-state index contributed by atoms with van der Waals surface area (Å²) in [5.74, 6) is -14.7. The van der Waals surface area contributed by atoms with Crippen LogP contribution in [0.1, 0.15) is 0 Å². The number of hydrogen-bond donors (Lipinski definition) is 1. The maximum atomic E-state index is 13.6. The van der Waals surface area contributed by atoms with Crippen LogP contribution < -0.4 is 5.73 Å². The topological polar surface area (TPSA) is 60.2 Å². The van der Waals surface area contributed by atoms with Crippen molar-refractivity contribution in [1.82, 2.24) is 0 Å². The first-order chi connectivity index (χ1) is 10.8. The quantitative estimate of drug-likeness (QED) is 0.538. The van der Waals surface area contributed by atoms with Crippen molar-refractivity contribution in [1.29, 1.82) is 0 Å². The Hall–Kier alpha value is -1.08. The number of hydrogen-bond acceptors (Lipinski definition) is 3. The first kappa shape index (κ1) is 22.0. The van der Waals surface area contributed by atoms with Crippen LogP contribution in [0.2, 0.25) is 10.0 Å². The van der Waals surface area contributed by atoms with Crippen molar-refractivity contribution in [3.8, 4) is 0 Å². The lowest BCUT2D eigenvalue weighted by Gasteiger charge is -2.33. The highest BCUT2D eigenvalue weighted by Gasteiger charge is 2.85. The van der Waals surface area contributed by atoms with Crippen LogP contribution in [0.4, 0.5) is 45.2 Å². The zero-order chi connectivity index (χ0) is 20.2. The largest absolute Gasteiger partial charge is 0.460 e. The molecule has 1 aromatic rings. The molecule has 0 saturated carbocycles. The number of rotatable bonds is 4. The van der Waals surface area contributed by atoms with E-state index in [1.807, 2.05) is 0 Å². The van der Waals surface area contributed by atoms with Gasteiger partial charge in [-0.15, -0.1) is 0 Å². The van der Waals surface area contributed by atoms with Crippen LogP contribution >= 0.6 is 23.2 Å². The Balaban J connectivity index is 3.66. The smallest absolute Gasteiger partial charge is 0.396 e. The molecular formula is C10H4Cl2F9NO2S. The summed E-state index contributed by atoms with van der Waals surface area (Å²) in [5.41, 5.74) is 4.58. The van der Waals surface area contributed by atoms with Gasteiger partial charge in [0.15, 0.2) is 0 Å². The van der Waals surface area contributed by atoms with Gasteiger partial charge >= 0.3 is 23.3 Å². The highest BCUT2D eigenvalue weighted by Crippen LogP contribution is 2.56. The summed E-state index contributed by atoms with van der Waals surface area (Å²) in [6.45, 7) is 0. The molecule has 1 aromatic carbocycles. The molecule has 25 heavy (non-hydrogen) atoms. The summed E-state index contributed by atoms with van der Waals surface area (Å²) >= 11 is 10.6. The first-order valence-electron chi connectivity index (χ1n) is 5.51. The molecule has 1 rings (SSSR count). The van der Waals surface area contributed by atoms with Gasteiger partial charge in [-0.1, -0.05) is 23.2 Å². The van der Waals surface area contributed by atoms with Crippen LogP contribution in [0.3, 0.4) is 0 Å². The molecule has 0 radical (unpaired) electrons. The van der Waals surface area contributed by atoms with Crippen molar-refractivity contribution in [2.45, 2.75) is 28.2 Å². The normalized spacial score (nSPS) is 14.7. The van der Waals surface area contributed by atoms with Crippen LogP contribution in [-0.2, 0) is 9.84 Å². The lowest BCUT2D eigenvalue weighted by molar-refractivity contribution is -0.382. The molecule has 144 valence electrons. The second-order valence-corrected chi connectivity index (χ2v) is 7.27. The van der Waals surface area contributed by atoms with E-state index in [2.05, 4.69) is 0 Å². The molecule has 0 spiro atoms. The fraction of sp³-hybridized carbons (Fsp3) is 0.400. The molecule has 0 heterocycles. The fourth-order valence-corrected chi connectivity index (χ4v) is 3.32. The van der Waals surface area contributed by atoms with E-state index in [1.165, 1.54) is 0 Å². The Labute approximate surface area is 143 Å². The lowest BCUT2D eigenvalue weighted by Crippen LogP contribution is -2.63. The Morgan fingerprint density at radius 3 is 1.48 bits per heavy atom. The minimum atomic E-state index is -7.36. The minimum Gasteiger partial charge on any atom is -0.396 e. The summed E-state index contributed by atoms with van der Waals surface area (Å²) < 4.78 is 139. The van der Waals surface area contributed by atoms with Gasteiger partial charge < -0.3 is 5.73 Å². The van der Waals surface area contributed by atoms with Gasteiger partial charge in [0, 0.05) is 0 Å². The Morgan fingerprint density at radius 2 is 1.16 bits per heavy atom. The second kappa shape index (κ2) is 5.98. The Morgan fingerprint density at radius 1 is 0.800 bits per heavy atom. The lowest BCUT2D eigenvalue weighted by atomic mass is 10.1. The van der Waals surface area contributed by atoms with Crippen LogP contribution in [0.5, 0.6) is 0 Å². The minimum absolute atomic E-state index is 0.0494. The van der Waals surface area contributed by atoms with Crippen LogP contribution in [0.15, 0.2) is 17.0 Å². The predicted molar refractivity (Wildman–Crippen MR) is 69.0 cm³/mol. The van der Waals surface area contributed by atoms with Gasteiger partial charge in [0.2, 0.25) is 9.84 Å². The molecular weight excluding hydrogens is 440 g/mol. The summed E-state index contributed by atoms with van der Waals surface area (Å²) in [6, 6.07) is 0.0989. The highest BCUT2D eigenvalue weighted by molar-refractivity contribution is 7.92. The van der Waals surface area contributed by atoms with E-state index in [4.69, 9.17) is 28.9 Å². The maximum absolute atomic E-state index is 13.6. The molecule has 0 aliphatic heterocycles. The SMILES string of the molecule is Nc1c(Cl)cc(S(=O)(=O)C(F)(F)C(F)(F)C(F)(F)C(F)(F)F)cc1Cl. The number of halogens is 11.